The second-order valence-corrected chi connectivity index (χ2v) is 5.24. The van der Waals surface area contributed by atoms with E-state index in [1.165, 1.54) is 16.9 Å². The maximum absolute atomic E-state index is 12.8. The van der Waals surface area contributed by atoms with E-state index >= 15 is 0 Å². The number of benzene rings is 1. The number of halogens is 4. The molecule has 0 saturated heterocycles. The Bertz CT molecular complexity index is 622. The van der Waals surface area contributed by atoms with Crippen LogP contribution in [0.15, 0.2) is 24.4 Å². The van der Waals surface area contributed by atoms with Crippen LogP contribution in [0.1, 0.15) is 25.1 Å². The molecule has 1 N–H and O–H groups in total. The Hall–Kier alpha value is -1.60. The predicted molar refractivity (Wildman–Crippen MR) is 73.3 cm³/mol. The van der Waals surface area contributed by atoms with E-state index in [2.05, 4.69) is 15.6 Å². The van der Waals surface area contributed by atoms with E-state index in [1.54, 1.807) is 0 Å². The summed E-state index contributed by atoms with van der Waals surface area (Å²) in [7, 11) is 0. The zero-order chi connectivity index (χ0) is 15.6. The first-order chi connectivity index (χ1) is 9.79. The molecule has 0 spiro atoms. The van der Waals surface area contributed by atoms with E-state index in [0.29, 0.717) is 12.2 Å². The highest BCUT2D eigenvalue weighted by atomic mass is 35.5. The topological polar surface area (TPSA) is 42.7 Å². The van der Waals surface area contributed by atoms with Crippen LogP contribution in [0.4, 0.5) is 13.2 Å². The molecular formula is C13H14ClF3N4. The lowest BCUT2D eigenvalue weighted by Gasteiger charge is -2.13. The Morgan fingerprint density at radius 3 is 2.67 bits per heavy atom. The molecule has 21 heavy (non-hydrogen) atoms. The van der Waals surface area contributed by atoms with E-state index in [4.69, 9.17) is 11.6 Å². The lowest BCUT2D eigenvalue weighted by Crippen LogP contribution is -2.23. The molecule has 4 nitrogen and oxygen atoms in total. The molecule has 0 saturated carbocycles. The first-order valence-corrected chi connectivity index (χ1v) is 6.67. The Labute approximate surface area is 124 Å². The Morgan fingerprint density at radius 1 is 1.33 bits per heavy atom. The third-order valence-electron chi connectivity index (χ3n) is 2.81. The van der Waals surface area contributed by atoms with Crippen LogP contribution < -0.4 is 5.32 Å². The van der Waals surface area contributed by atoms with Crippen LogP contribution in [0.2, 0.25) is 5.02 Å². The highest BCUT2D eigenvalue weighted by Crippen LogP contribution is 2.33. The highest BCUT2D eigenvalue weighted by Gasteiger charge is 2.31. The van der Waals surface area contributed by atoms with Crippen molar-refractivity contribution in [2.75, 3.05) is 0 Å². The minimum atomic E-state index is -4.43. The molecule has 0 amide bonds. The van der Waals surface area contributed by atoms with Crippen LogP contribution in [0.5, 0.6) is 0 Å². The summed E-state index contributed by atoms with van der Waals surface area (Å²) >= 11 is 6.00. The average Bonchev–Trinajstić information content (AvgIpc) is 2.83. The standard InChI is InChI=1S/C13H14ClF3N4/c1-8(2)18-6-10-7-19-20-21(10)12-5-9(13(15,16)17)3-4-11(12)14/h3-5,7-8,18H,6H2,1-2H3. The summed E-state index contributed by atoms with van der Waals surface area (Å²) in [6.07, 6.45) is -2.94. The fraction of sp³-hybridized carbons (Fsp3) is 0.385. The van der Waals surface area contributed by atoms with Crippen molar-refractivity contribution in [2.45, 2.75) is 32.6 Å². The number of rotatable bonds is 4. The van der Waals surface area contributed by atoms with Gasteiger partial charge in [0.1, 0.15) is 0 Å². The molecule has 0 bridgehead atoms. The van der Waals surface area contributed by atoms with Gasteiger partial charge in [-0.15, -0.1) is 5.10 Å². The van der Waals surface area contributed by atoms with Crippen LogP contribution in [-0.2, 0) is 12.7 Å². The van der Waals surface area contributed by atoms with Crippen molar-refractivity contribution in [3.8, 4) is 5.69 Å². The van der Waals surface area contributed by atoms with Gasteiger partial charge in [0, 0.05) is 12.6 Å². The fourth-order valence-electron chi connectivity index (χ4n) is 1.74. The summed E-state index contributed by atoms with van der Waals surface area (Å²) in [4.78, 5) is 0. The van der Waals surface area contributed by atoms with Crippen LogP contribution in [-0.4, -0.2) is 21.0 Å². The summed E-state index contributed by atoms with van der Waals surface area (Å²) in [6, 6.07) is 3.34. The quantitative estimate of drug-likeness (QED) is 0.939. The molecule has 0 atom stereocenters. The summed E-state index contributed by atoms with van der Waals surface area (Å²) in [5, 5.41) is 10.9. The maximum Gasteiger partial charge on any atom is 0.416 e. The normalized spacial score (nSPS) is 12.1. The number of hydrogen-bond donors (Lipinski definition) is 1. The summed E-state index contributed by atoms with van der Waals surface area (Å²) in [5.74, 6) is 0. The van der Waals surface area contributed by atoms with Gasteiger partial charge in [-0.05, 0) is 18.2 Å². The van der Waals surface area contributed by atoms with Crippen molar-refractivity contribution in [3.63, 3.8) is 0 Å². The second-order valence-electron chi connectivity index (χ2n) is 4.84. The highest BCUT2D eigenvalue weighted by molar-refractivity contribution is 6.32. The minimum absolute atomic E-state index is 0.157. The van der Waals surface area contributed by atoms with Gasteiger partial charge in [0.2, 0.25) is 0 Å². The Morgan fingerprint density at radius 2 is 2.05 bits per heavy atom. The van der Waals surface area contributed by atoms with Crippen molar-refractivity contribution < 1.29 is 13.2 Å². The van der Waals surface area contributed by atoms with Crippen molar-refractivity contribution in [3.05, 3.63) is 40.7 Å². The van der Waals surface area contributed by atoms with E-state index in [9.17, 15) is 13.2 Å². The van der Waals surface area contributed by atoms with Gasteiger partial charge in [-0.25, -0.2) is 4.68 Å². The first kappa shape index (κ1) is 15.8. The third kappa shape index (κ3) is 3.74. The SMILES string of the molecule is CC(C)NCc1cnnn1-c1cc(C(F)(F)F)ccc1Cl. The van der Waals surface area contributed by atoms with Crippen LogP contribution in [0, 0.1) is 0 Å². The van der Waals surface area contributed by atoms with Gasteiger partial charge in [0.05, 0.1) is 28.2 Å². The second kappa shape index (κ2) is 6.03. The zero-order valence-corrected chi connectivity index (χ0v) is 12.2. The number of alkyl halides is 3. The van der Waals surface area contributed by atoms with Crippen molar-refractivity contribution in [2.24, 2.45) is 0 Å². The molecule has 0 aliphatic carbocycles. The monoisotopic (exact) mass is 318 g/mol. The molecule has 1 aromatic heterocycles. The van der Waals surface area contributed by atoms with E-state index in [1.807, 2.05) is 13.8 Å². The molecule has 114 valence electrons. The molecule has 0 aliphatic heterocycles. The minimum Gasteiger partial charge on any atom is -0.309 e. The van der Waals surface area contributed by atoms with Gasteiger partial charge in [0.25, 0.3) is 0 Å². The van der Waals surface area contributed by atoms with Gasteiger partial charge in [-0.2, -0.15) is 13.2 Å². The summed E-state index contributed by atoms with van der Waals surface area (Å²) in [6.45, 7) is 4.36. The van der Waals surface area contributed by atoms with E-state index < -0.39 is 11.7 Å². The zero-order valence-electron chi connectivity index (χ0n) is 11.4. The Kier molecular flexibility index (Phi) is 4.53. The molecule has 0 aliphatic rings. The third-order valence-corrected chi connectivity index (χ3v) is 3.13. The summed E-state index contributed by atoms with van der Waals surface area (Å²) < 4.78 is 39.7. The van der Waals surface area contributed by atoms with Gasteiger partial charge < -0.3 is 5.32 Å². The summed E-state index contributed by atoms with van der Waals surface area (Å²) in [5.41, 5.74) is 0.00893. The maximum atomic E-state index is 12.8. The van der Waals surface area contributed by atoms with Crippen LogP contribution >= 0.6 is 11.6 Å². The molecule has 2 aromatic rings. The average molecular weight is 319 g/mol. The van der Waals surface area contributed by atoms with Crippen molar-refractivity contribution in [1.29, 1.82) is 0 Å². The van der Waals surface area contributed by atoms with Gasteiger partial charge >= 0.3 is 6.18 Å². The molecular weight excluding hydrogens is 305 g/mol. The van der Waals surface area contributed by atoms with E-state index in [-0.39, 0.29) is 16.8 Å². The van der Waals surface area contributed by atoms with Crippen LogP contribution in [0.3, 0.4) is 0 Å². The predicted octanol–water partition coefficient (Wildman–Crippen LogP) is 3.44. The van der Waals surface area contributed by atoms with Gasteiger partial charge in [-0.1, -0.05) is 30.7 Å². The number of nitrogens with zero attached hydrogens (tertiary/aromatic N) is 3. The smallest absolute Gasteiger partial charge is 0.309 e. The number of nitrogens with one attached hydrogen (secondary N) is 1. The number of hydrogen-bond acceptors (Lipinski definition) is 3. The molecule has 0 unspecified atom stereocenters. The molecule has 1 aromatic carbocycles. The first-order valence-electron chi connectivity index (χ1n) is 6.29. The molecule has 0 fully saturated rings. The fourth-order valence-corrected chi connectivity index (χ4v) is 1.94. The molecule has 8 heteroatoms. The van der Waals surface area contributed by atoms with Crippen LogP contribution in [0.25, 0.3) is 5.69 Å². The molecule has 1 heterocycles. The van der Waals surface area contributed by atoms with Gasteiger partial charge in [-0.3, -0.25) is 0 Å². The van der Waals surface area contributed by atoms with Crippen molar-refractivity contribution in [1.82, 2.24) is 20.3 Å². The Balaban J connectivity index is 2.40. The van der Waals surface area contributed by atoms with E-state index in [0.717, 1.165) is 12.1 Å². The lowest BCUT2D eigenvalue weighted by atomic mass is 10.2. The van der Waals surface area contributed by atoms with Gasteiger partial charge in [0.15, 0.2) is 0 Å². The number of aromatic nitrogens is 3. The van der Waals surface area contributed by atoms with Crippen molar-refractivity contribution >= 4 is 11.6 Å². The lowest BCUT2D eigenvalue weighted by molar-refractivity contribution is -0.137. The largest absolute Gasteiger partial charge is 0.416 e. The molecule has 2 rings (SSSR count). The molecule has 0 radical (unpaired) electrons.